The maximum atomic E-state index is 4.19. The van der Waals surface area contributed by atoms with Gasteiger partial charge >= 0.3 is 0 Å². The second-order valence-electron chi connectivity index (χ2n) is 2.35. The summed E-state index contributed by atoms with van der Waals surface area (Å²) in [7, 11) is 0. The minimum absolute atomic E-state index is 0.626. The van der Waals surface area contributed by atoms with Crippen LogP contribution in [0.2, 0.25) is 0 Å². The van der Waals surface area contributed by atoms with Crippen LogP contribution < -0.4 is 0 Å². The van der Waals surface area contributed by atoms with Crippen LogP contribution >= 0.6 is 11.8 Å². The normalized spacial score (nSPS) is 10.8. The number of nitrogens with zero attached hydrogens (tertiary/aromatic N) is 4. The van der Waals surface area contributed by atoms with Gasteiger partial charge in [0.25, 0.3) is 5.78 Å². The highest BCUT2D eigenvalue weighted by Gasteiger charge is 2.02. The molecule has 0 saturated heterocycles. The molecular weight excluding hydrogens is 172 g/mol. The third-order valence-corrected chi connectivity index (χ3v) is 2.08. The van der Waals surface area contributed by atoms with Crippen LogP contribution in [0.15, 0.2) is 17.4 Å². The minimum Gasteiger partial charge on any atom is -0.216 e. The summed E-state index contributed by atoms with van der Waals surface area (Å²) in [6.45, 7) is 1.92. The number of aromatic nitrogens is 4. The van der Waals surface area contributed by atoms with Crippen molar-refractivity contribution in [1.29, 1.82) is 0 Å². The second-order valence-corrected chi connectivity index (χ2v) is 3.06. The Morgan fingerprint density at radius 1 is 1.58 bits per heavy atom. The molecule has 4 nitrogen and oxygen atoms in total. The highest BCUT2D eigenvalue weighted by Crippen LogP contribution is 2.16. The van der Waals surface area contributed by atoms with E-state index in [1.54, 1.807) is 4.52 Å². The first-order valence-corrected chi connectivity index (χ1v) is 4.39. The number of hydrogen-bond donors (Lipinski definition) is 0. The molecule has 0 aliphatic rings. The van der Waals surface area contributed by atoms with Crippen molar-refractivity contribution in [3.05, 3.63) is 24.3 Å². The van der Waals surface area contributed by atoms with E-state index in [0.29, 0.717) is 5.78 Å². The molecule has 1 radical (unpaired) electrons. The Labute approximate surface area is 74.0 Å². The van der Waals surface area contributed by atoms with Crippen molar-refractivity contribution in [2.24, 2.45) is 0 Å². The number of hydrogen-bond acceptors (Lipinski definition) is 4. The Bertz CT molecular complexity index is 409. The van der Waals surface area contributed by atoms with Gasteiger partial charge in [-0.15, -0.1) is 11.8 Å². The second kappa shape index (κ2) is 2.75. The zero-order chi connectivity index (χ0) is 8.55. The molecule has 0 fully saturated rings. The lowest BCUT2D eigenvalue weighted by atomic mass is 10.5. The van der Waals surface area contributed by atoms with Gasteiger partial charge < -0.3 is 0 Å². The molecule has 2 heterocycles. The first kappa shape index (κ1) is 7.54. The van der Waals surface area contributed by atoms with Gasteiger partial charge in [0.2, 0.25) is 0 Å². The van der Waals surface area contributed by atoms with Gasteiger partial charge in [-0.25, -0.2) is 4.98 Å². The van der Waals surface area contributed by atoms with Crippen LogP contribution in [0.25, 0.3) is 5.78 Å². The van der Waals surface area contributed by atoms with Crippen molar-refractivity contribution in [1.82, 2.24) is 19.6 Å². The molecule has 12 heavy (non-hydrogen) atoms. The largest absolute Gasteiger partial charge is 0.253 e. The van der Waals surface area contributed by atoms with Crippen molar-refractivity contribution in [3.63, 3.8) is 0 Å². The molecule has 0 aliphatic heterocycles. The Kier molecular flexibility index (Phi) is 1.73. The smallest absolute Gasteiger partial charge is 0.216 e. The lowest BCUT2D eigenvalue weighted by Gasteiger charge is -1.99. The summed E-state index contributed by atoms with van der Waals surface area (Å²) >= 11 is 1.39. The predicted molar refractivity (Wildman–Crippen MR) is 46.7 cm³/mol. The topological polar surface area (TPSA) is 43.1 Å². The standard InChI is InChI=1S/C7H7N4S/c1-5-3-6(12-2)11-7(10-5)8-4-9-11/h3-4H,2H2,1H3. The fourth-order valence-corrected chi connectivity index (χ4v) is 1.50. The third kappa shape index (κ3) is 1.06. The van der Waals surface area contributed by atoms with Gasteiger partial charge in [0.15, 0.2) is 0 Å². The average Bonchev–Trinajstić information content (AvgIpc) is 2.50. The monoisotopic (exact) mass is 179 g/mol. The molecule has 0 amide bonds. The van der Waals surface area contributed by atoms with Crippen LogP contribution in [0.1, 0.15) is 5.69 Å². The van der Waals surface area contributed by atoms with Gasteiger partial charge in [0.05, 0.1) is 0 Å². The van der Waals surface area contributed by atoms with Crippen LogP contribution in [0.3, 0.4) is 0 Å². The van der Waals surface area contributed by atoms with Crippen molar-refractivity contribution >= 4 is 17.5 Å². The van der Waals surface area contributed by atoms with E-state index in [2.05, 4.69) is 21.3 Å². The summed E-state index contributed by atoms with van der Waals surface area (Å²) in [5, 5.41) is 4.97. The van der Waals surface area contributed by atoms with Crippen LogP contribution in [-0.2, 0) is 0 Å². The van der Waals surface area contributed by atoms with Crippen LogP contribution in [0, 0.1) is 13.2 Å². The van der Waals surface area contributed by atoms with E-state index in [9.17, 15) is 0 Å². The lowest BCUT2D eigenvalue weighted by molar-refractivity contribution is 0.835. The number of thioether (sulfide) groups is 1. The van der Waals surface area contributed by atoms with E-state index in [1.807, 2.05) is 13.0 Å². The quantitative estimate of drug-likeness (QED) is 0.489. The molecule has 2 aromatic rings. The van der Waals surface area contributed by atoms with E-state index in [4.69, 9.17) is 0 Å². The zero-order valence-corrected chi connectivity index (χ0v) is 7.38. The zero-order valence-electron chi connectivity index (χ0n) is 6.56. The van der Waals surface area contributed by atoms with Crippen molar-refractivity contribution in [3.8, 4) is 0 Å². The first-order valence-electron chi connectivity index (χ1n) is 3.40. The van der Waals surface area contributed by atoms with E-state index in [-0.39, 0.29) is 0 Å². The molecule has 0 bridgehead atoms. The summed E-state index contributed by atoms with van der Waals surface area (Å²) in [6, 6.07) is 1.93. The Morgan fingerprint density at radius 3 is 3.17 bits per heavy atom. The average molecular weight is 179 g/mol. The highest BCUT2D eigenvalue weighted by molar-refractivity contribution is 8.00. The van der Waals surface area contributed by atoms with Gasteiger partial charge in [0.1, 0.15) is 11.4 Å². The maximum absolute atomic E-state index is 4.19. The minimum atomic E-state index is 0.626. The van der Waals surface area contributed by atoms with E-state index in [0.717, 1.165) is 10.7 Å². The highest BCUT2D eigenvalue weighted by atomic mass is 32.2. The van der Waals surface area contributed by atoms with Crippen LogP contribution in [0.5, 0.6) is 0 Å². The molecule has 0 unspecified atom stereocenters. The molecule has 0 aromatic carbocycles. The summed E-state index contributed by atoms with van der Waals surface area (Å²) in [5.41, 5.74) is 0.932. The molecule has 61 valence electrons. The van der Waals surface area contributed by atoms with E-state index in [1.165, 1.54) is 18.1 Å². The molecule has 0 spiro atoms. The number of aryl methyl sites for hydroxylation is 1. The molecule has 0 aliphatic carbocycles. The molecule has 0 N–H and O–H groups in total. The van der Waals surface area contributed by atoms with Gasteiger partial charge in [0, 0.05) is 11.9 Å². The van der Waals surface area contributed by atoms with Crippen molar-refractivity contribution < 1.29 is 0 Å². The summed E-state index contributed by atoms with van der Waals surface area (Å²) < 4.78 is 1.67. The molecule has 5 heteroatoms. The number of rotatable bonds is 1. The van der Waals surface area contributed by atoms with Crippen LogP contribution in [0.4, 0.5) is 0 Å². The molecule has 2 rings (SSSR count). The maximum Gasteiger partial charge on any atom is 0.253 e. The van der Waals surface area contributed by atoms with E-state index < -0.39 is 0 Å². The van der Waals surface area contributed by atoms with Crippen molar-refractivity contribution in [2.45, 2.75) is 11.9 Å². The summed E-state index contributed by atoms with van der Waals surface area (Å²) in [6.07, 6.45) is 5.21. The molecular formula is C7H7N4S. The van der Waals surface area contributed by atoms with Crippen molar-refractivity contribution in [2.75, 3.05) is 0 Å². The Morgan fingerprint density at radius 2 is 2.42 bits per heavy atom. The fraction of sp³-hybridized carbons (Fsp3) is 0.143. The Hall–Kier alpha value is -1.10. The van der Waals surface area contributed by atoms with Gasteiger partial charge in [-0.2, -0.15) is 14.6 Å². The summed E-state index contributed by atoms with van der Waals surface area (Å²) in [5.74, 6) is 0.626. The van der Waals surface area contributed by atoms with Gasteiger partial charge in [-0.05, 0) is 13.0 Å². The fourth-order valence-electron chi connectivity index (χ4n) is 1.000. The lowest BCUT2D eigenvalue weighted by Crippen LogP contribution is -1.95. The van der Waals surface area contributed by atoms with E-state index >= 15 is 0 Å². The molecule has 0 atom stereocenters. The Balaban J connectivity index is 2.80. The molecule has 2 aromatic heterocycles. The predicted octanol–water partition coefficient (Wildman–Crippen LogP) is 1.32. The SMILES string of the molecule is [CH2]Sc1cc(C)nc2ncnn12. The van der Waals surface area contributed by atoms with Gasteiger partial charge in [-0.1, -0.05) is 0 Å². The molecule has 0 saturated carbocycles. The van der Waals surface area contributed by atoms with Crippen LogP contribution in [-0.4, -0.2) is 19.6 Å². The number of fused-ring (bicyclic) bond motifs is 1. The van der Waals surface area contributed by atoms with Gasteiger partial charge in [-0.3, -0.25) is 0 Å². The third-order valence-electron chi connectivity index (χ3n) is 1.50. The first-order chi connectivity index (χ1) is 5.81. The summed E-state index contributed by atoms with van der Waals surface area (Å²) in [4.78, 5) is 8.18.